The molecule has 7 nitrogen and oxygen atoms in total. The first-order valence-electron chi connectivity index (χ1n) is 9.89. The molecule has 0 bridgehead atoms. The molecule has 1 aliphatic heterocycles. The van der Waals surface area contributed by atoms with Crippen molar-refractivity contribution in [2.45, 2.75) is 26.8 Å². The monoisotopic (exact) mass is 435 g/mol. The Morgan fingerprint density at radius 1 is 1.10 bits per heavy atom. The molecular weight excluding hydrogens is 414 g/mol. The lowest BCUT2D eigenvalue weighted by Gasteiger charge is -2.21. The zero-order valence-electron chi connectivity index (χ0n) is 17.3. The van der Waals surface area contributed by atoms with E-state index in [4.69, 9.17) is 4.74 Å². The highest BCUT2D eigenvalue weighted by Gasteiger charge is 2.40. The number of anilines is 1. The molecule has 0 aliphatic carbocycles. The number of carbonyl (C=O) groups excluding carboxylic acids is 3. The van der Waals surface area contributed by atoms with Crippen LogP contribution in [0.3, 0.4) is 0 Å². The van der Waals surface area contributed by atoms with E-state index in [0.717, 1.165) is 26.8 Å². The third-order valence-electron chi connectivity index (χ3n) is 5.06. The van der Waals surface area contributed by atoms with Gasteiger partial charge in [-0.1, -0.05) is 12.1 Å². The van der Waals surface area contributed by atoms with E-state index in [1.807, 2.05) is 38.1 Å². The summed E-state index contributed by atoms with van der Waals surface area (Å²) in [6.45, 7) is 5.98. The highest BCUT2D eigenvalue weighted by Crippen LogP contribution is 2.32. The zero-order valence-corrected chi connectivity index (χ0v) is 18.2. The van der Waals surface area contributed by atoms with Crippen LogP contribution in [0.1, 0.15) is 39.4 Å². The molecule has 0 saturated carbocycles. The van der Waals surface area contributed by atoms with Gasteiger partial charge in [0.2, 0.25) is 5.91 Å². The van der Waals surface area contributed by atoms with Crippen LogP contribution >= 0.6 is 11.3 Å². The Balaban J connectivity index is 1.50. The minimum absolute atomic E-state index is 0.315. The number of amides is 3. The Kier molecular flexibility index (Phi) is 5.56. The van der Waals surface area contributed by atoms with Crippen molar-refractivity contribution in [2.24, 2.45) is 0 Å². The number of hydrogen-bond donors (Lipinski definition) is 1. The molecule has 0 fully saturated rings. The number of rotatable bonds is 6. The maximum Gasteiger partial charge on any atom is 0.262 e. The molecule has 1 unspecified atom stereocenters. The molecule has 4 rings (SSSR count). The van der Waals surface area contributed by atoms with Gasteiger partial charge in [0, 0.05) is 10.4 Å². The van der Waals surface area contributed by atoms with Crippen LogP contribution in [-0.2, 0) is 4.79 Å². The predicted octanol–water partition coefficient (Wildman–Crippen LogP) is 4.14. The quantitative estimate of drug-likeness (QED) is 0.588. The van der Waals surface area contributed by atoms with Crippen molar-refractivity contribution in [1.29, 1.82) is 0 Å². The van der Waals surface area contributed by atoms with E-state index in [-0.39, 0.29) is 0 Å². The maximum atomic E-state index is 12.8. The fourth-order valence-electron chi connectivity index (χ4n) is 3.48. The average Bonchev–Trinajstić information content (AvgIpc) is 3.25. The molecule has 1 atom stereocenters. The lowest BCUT2D eigenvalue weighted by molar-refractivity contribution is -0.119. The molecule has 3 amide bonds. The van der Waals surface area contributed by atoms with Gasteiger partial charge in [-0.05, 0) is 57.2 Å². The first-order chi connectivity index (χ1) is 14.9. The van der Waals surface area contributed by atoms with Crippen molar-refractivity contribution >= 4 is 34.2 Å². The normalized spacial score (nSPS) is 13.8. The number of nitrogens with one attached hydrogen (secondary N) is 1. The molecule has 0 radical (unpaired) electrons. The molecule has 1 N–H and O–H groups in total. The van der Waals surface area contributed by atoms with Crippen LogP contribution in [0.15, 0.2) is 48.5 Å². The van der Waals surface area contributed by atoms with Gasteiger partial charge < -0.3 is 10.1 Å². The molecule has 1 aromatic heterocycles. The third kappa shape index (κ3) is 3.82. The van der Waals surface area contributed by atoms with Gasteiger partial charge in [0.15, 0.2) is 5.13 Å². The van der Waals surface area contributed by atoms with Gasteiger partial charge in [-0.25, -0.2) is 4.98 Å². The van der Waals surface area contributed by atoms with Crippen LogP contribution < -0.4 is 10.1 Å². The minimum atomic E-state index is -0.967. The highest BCUT2D eigenvalue weighted by molar-refractivity contribution is 7.16. The topological polar surface area (TPSA) is 88.6 Å². The lowest BCUT2D eigenvalue weighted by Crippen LogP contribution is -2.45. The molecule has 31 heavy (non-hydrogen) atoms. The SMILES string of the molecule is CCOc1ccc(-c2nc(NC(=O)C(C)N3C(=O)c4ccccc4C3=O)sc2C)cc1. The van der Waals surface area contributed by atoms with Crippen molar-refractivity contribution in [1.82, 2.24) is 9.88 Å². The van der Waals surface area contributed by atoms with Gasteiger partial charge in [0.05, 0.1) is 23.4 Å². The van der Waals surface area contributed by atoms with E-state index in [0.29, 0.717) is 22.9 Å². The van der Waals surface area contributed by atoms with E-state index in [2.05, 4.69) is 10.3 Å². The Labute approximate surface area is 183 Å². The zero-order chi connectivity index (χ0) is 22.1. The number of thiazole rings is 1. The van der Waals surface area contributed by atoms with E-state index in [1.165, 1.54) is 18.3 Å². The average molecular weight is 436 g/mol. The third-order valence-corrected chi connectivity index (χ3v) is 5.94. The van der Waals surface area contributed by atoms with Crippen molar-refractivity contribution in [3.05, 3.63) is 64.5 Å². The predicted molar refractivity (Wildman–Crippen MR) is 118 cm³/mol. The largest absolute Gasteiger partial charge is 0.494 e. The van der Waals surface area contributed by atoms with Gasteiger partial charge in [-0.2, -0.15) is 0 Å². The minimum Gasteiger partial charge on any atom is -0.494 e. The standard InChI is InChI=1S/C23H21N3O4S/c1-4-30-16-11-9-15(10-12-16)19-14(3)31-23(24-19)25-20(27)13(2)26-21(28)17-7-5-6-8-18(17)22(26)29/h5-13H,4H2,1-3H3,(H,24,25,27). The maximum absolute atomic E-state index is 12.8. The smallest absolute Gasteiger partial charge is 0.262 e. The van der Waals surface area contributed by atoms with Crippen LogP contribution in [-0.4, -0.2) is 40.3 Å². The number of aromatic nitrogens is 1. The van der Waals surface area contributed by atoms with Crippen LogP contribution in [0.2, 0.25) is 0 Å². The first kappa shape index (κ1) is 20.7. The van der Waals surface area contributed by atoms with Crippen LogP contribution in [0.4, 0.5) is 5.13 Å². The molecule has 3 aromatic rings. The van der Waals surface area contributed by atoms with Gasteiger partial charge in [-0.3, -0.25) is 19.3 Å². The van der Waals surface area contributed by atoms with Crippen LogP contribution in [0.25, 0.3) is 11.3 Å². The summed E-state index contributed by atoms with van der Waals surface area (Å²) in [7, 11) is 0. The van der Waals surface area contributed by atoms with E-state index < -0.39 is 23.8 Å². The van der Waals surface area contributed by atoms with Crippen molar-refractivity contribution < 1.29 is 19.1 Å². The van der Waals surface area contributed by atoms with Crippen molar-refractivity contribution in [2.75, 3.05) is 11.9 Å². The molecule has 2 heterocycles. The van der Waals surface area contributed by atoms with Gasteiger partial charge in [0.1, 0.15) is 11.8 Å². The van der Waals surface area contributed by atoms with E-state index in [9.17, 15) is 14.4 Å². The summed E-state index contributed by atoms with van der Waals surface area (Å²) < 4.78 is 5.47. The second kappa shape index (κ2) is 8.31. The molecule has 0 spiro atoms. The molecular formula is C23H21N3O4S. The Hall–Kier alpha value is -3.52. The summed E-state index contributed by atoms with van der Waals surface area (Å²) in [6, 6.07) is 13.2. The number of ether oxygens (including phenoxy) is 1. The Bertz CT molecular complexity index is 1130. The summed E-state index contributed by atoms with van der Waals surface area (Å²) in [5, 5.41) is 3.16. The first-order valence-corrected chi connectivity index (χ1v) is 10.7. The van der Waals surface area contributed by atoms with E-state index in [1.54, 1.807) is 24.3 Å². The second-order valence-electron chi connectivity index (χ2n) is 7.07. The summed E-state index contributed by atoms with van der Waals surface area (Å²) in [5.74, 6) is -0.619. The Morgan fingerprint density at radius 2 is 1.71 bits per heavy atom. The number of aryl methyl sites for hydroxylation is 1. The number of carbonyl (C=O) groups is 3. The lowest BCUT2D eigenvalue weighted by atomic mass is 10.1. The number of imide groups is 1. The molecule has 1 aliphatic rings. The summed E-state index contributed by atoms with van der Waals surface area (Å²) >= 11 is 1.34. The van der Waals surface area contributed by atoms with Crippen molar-refractivity contribution in [3.63, 3.8) is 0 Å². The number of hydrogen-bond acceptors (Lipinski definition) is 6. The van der Waals surface area contributed by atoms with Gasteiger partial charge >= 0.3 is 0 Å². The van der Waals surface area contributed by atoms with Gasteiger partial charge in [-0.15, -0.1) is 11.3 Å². The number of nitrogens with zero attached hydrogens (tertiary/aromatic N) is 2. The summed E-state index contributed by atoms with van der Waals surface area (Å²) in [6.07, 6.45) is 0. The van der Waals surface area contributed by atoms with E-state index >= 15 is 0 Å². The molecule has 158 valence electrons. The molecule has 2 aromatic carbocycles. The van der Waals surface area contributed by atoms with Gasteiger partial charge in [0.25, 0.3) is 11.8 Å². The molecule has 8 heteroatoms. The summed E-state index contributed by atoms with van der Waals surface area (Å²) in [4.78, 5) is 44.5. The Morgan fingerprint density at radius 3 is 2.29 bits per heavy atom. The number of fused-ring (bicyclic) bond motifs is 1. The van der Waals surface area contributed by atoms with Crippen LogP contribution in [0.5, 0.6) is 5.75 Å². The fourth-order valence-corrected chi connectivity index (χ4v) is 4.32. The number of benzene rings is 2. The highest BCUT2D eigenvalue weighted by atomic mass is 32.1. The van der Waals surface area contributed by atoms with Crippen molar-refractivity contribution in [3.8, 4) is 17.0 Å². The summed E-state index contributed by atoms with van der Waals surface area (Å²) in [5.41, 5.74) is 2.30. The fraction of sp³-hybridized carbons (Fsp3) is 0.217. The molecule has 0 saturated heterocycles. The second-order valence-corrected chi connectivity index (χ2v) is 8.28. The van der Waals surface area contributed by atoms with Crippen LogP contribution in [0, 0.1) is 6.92 Å².